The average Bonchev–Trinajstić information content (AvgIpc) is 2.88. The minimum Gasteiger partial charge on any atom is -0.367 e. The van der Waals surface area contributed by atoms with Gasteiger partial charge in [0.05, 0.1) is 12.7 Å². The second kappa shape index (κ2) is 6.93. The molecule has 1 aromatic carbocycles. The highest BCUT2D eigenvalue weighted by molar-refractivity contribution is 7.12. The van der Waals surface area contributed by atoms with E-state index in [0.717, 1.165) is 5.56 Å². The van der Waals surface area contributed by atoms with Crippen molar-refractivity contribution in [1.82, 2.24) is 0 Å². The van der Waals surface area contributed by atoms with Crippen molar-refractivity contribution in [2.45, 2.75) is 38.9 Å². The van der Waals surface area contributed by atoms with Crippen molar-refractivity contribution in [2.75, 3.05) is 6.54 Å². The maximum Gasteiger partial charge on any atom is 0.0952 e. The Morgan fingerprint density at radius 1 is 1.24 bits per heavy atom. The Morgan fingerprint density at radius 3 is 2.57 bits per heavy atom. The molecule has 2 rings (SSSR count). The molecule has 0 spiro atoms. The van der Waals surface area contributed by atoms with Crippen molar-refractivity contribution >= 4 is 22.9 Å². The third-order valence-electron chi connectivity index (χ3n) is 3.26. The van der Waals surface area contributed by atoms with Crippen LogP contribution in [0.2, 0.25) is 5.02 Å². The molecule has 2 nitrogen and oxygen atoms in total. The first-order chi connectivity index (χ1) is 9.90. The normalized spacial score (nSPS) is 13.4. The summed E-state index contributed by atoms with van der Waals surface area (Å²) in [5.74, 6) is 0. The Bertz CT molecular complexity index is 588. The first-order valence-corrected chi connectivity index (χ1v) is 8.26. The summed E-state index contributed by atoms with van der Waals surface area (Å²) in [6.07, 6.45) is -0.121. The Kier molecular flexibility index (Phi) is 5.44. The number of nitrogens with two attached hydrogens (primary N) is 1. The standard InChI is InChI=1S/C17H22ClNOS/c1-17(2,3)16-8-7-14(21-16)11-20-15(10-19)12-5-4-6-13(18)9-12/h4-9,15H,10-11,19H2,1-3H3/t15-/m0/s1. The van der Waals surface area contributed by atoms with Gasteiger partial charge in [-0.15, -0.1) is 11.3 Å². The van der Waals surface area contributed by atoms with E-state index in [-0.39, 0.29) is 11.5 Å². The molecule has 0 aliphatic heterocycles. The van der Waals surface area contributed by atoms with Gasteiger partial charge < -0.3 is 10.5 Å². The molecule has 0 radical (unpaired) electrons. The summed E-state index contributed by atoms with van der Waals surface area (Å²) in [6, 6.07) is 12.0. The fourth-order valence-corrected chi connectivity index (χ4v) is 3.24. The first-order valence-electron chi connectivity index (χ1n) is 7.06. The fourth-order valence-electron chi connectivity index (χ4n) is 2.05. The van der Waals surface area contributed by atoms with E-state index in [1.54, 1.807) is 11.3 Å². The van der Waals surface area contributed by atoms with Gasteiger partial charge in [-0.3, -0.25) is 0 Å². The number of hydrogen-bond donors (Lipinski definition) is 1. The van der Waals surface area contributed by atoms with Crippen molar-refractivity contribution in [1.29, 1.82) is 0 Å². The van der Waals surface area contributed by atoms with Gasteiger partial charge in [0.15, 0.2) is 0 Å². The van der Waals surface area contributed by atoms with Crippen molar-refractivity contribution in [2.24, 2.45) is 5.73 Å². The van der Waals surface area contributed by atoms with Crippen LogP contribution in [-0.2, 0) is 16.8 Å². The van der Waals surface area contributed by atoms with Gasteiger partial charge in [-0.05, 0) is 35.2 Å². The van der Waals surface area contributed by atoms with Gasteiger partial charge in [-0.2, -0.15) is 0 Å². The maximum atomic E-state index is 6.02. The van der Waals surface area contributed by atoms with E-state index in [0.29, 0.717) is 18.2 Å². The van der Waals surface area contributed by atoms with E-state index in [9.17, 15) is 0 Å². The molecule has 0 saturated heterocycles. The molecule has 0 amide bonds. The second-order valence-electron chi connectivity index (χ2n) is 6.11. The maximum absolute atomic E-state index is 6.02. The van der Waals surface area contributed by atoms with Crippen LogP contribution in [0.15, 0.2) is 36.4 Å². The first kappa shape index (κ1) is 16.5. The van der Waals surface area contributed by atoms with Crippen LogP contribution in [0.1, 0.15) is 42.2 Å². The number of hydrogen-bond acceptors (Lipinski definition) is 3. The predicted octanol–water partition coefficient (Wildman–Crippen LogP) is 4.92. The zero-order valence-electron chi connectivity index (χ0n) is 12.7. The molecule has 1 aromatic heterocycles. The van der Waals surface area contributed by atoms with E-state index in [1.807, 2.05) is 24.3 Å². The Balaban J connectivity index is 2.02. The number of thiophene rings is 1. The fraction of sp³-hybridized carbons (Fsp3) is 0.412. The third-order valence-corrected chi connectivity index (χ3v) is 4.98. The summed E-state index contributed by atoms with van der Waals surface area (Å²) in [6.45, 7) is 7.68. The Hall–Kier alpha value is -0.870. The number of ether oxygens (including phenoxy) is 1. The van der Waals surface area contributed by atoms with Crippen LogP contribution in [0.3, 0.4) is 0 Å². The number of rotatable bonds is 5. The number of halogens is 1. The van der Waals surface area contributed by atoms with Crippen molar-refractivity contribution in [3.63, 3.8) is 0 Å². The smallest absolute Gasteiger partial charge is 0.0952 e. The summed E-state index contributed by atoms with van der Waals surface area (Å²) in [5, 5.41) is 0.709. The summed E-state index contributed by atoms with van der Waals surface area (Å²) >= 11 is 7.82. The lowest BCUT2D eigenvalue weighted by Crippen LogP contribution is -2.15. The van der Waals surface area contributed by atoms with Crippen LogP contribution in [-0.4, -0.2) is 6.54 Å². The lowest BCUT2D eigenvalue weighted by atomic mass is 9.95. The van der Waals surface area contributed by atoms with Gasteiger partial charge in [-0.1, -0.05) is 44.5 Å². The van der Waals surface area contributed by atoms with Crippen LogP contribution in [0.25, 0.3) is 0 Å². The SMILES string of the molecule is CC(C)(C)c1ccc(CO[C@@H](CN)c2cccc(Cl)c2)s1. The topological polar surface area (TPSA) is 35.2 Å². The van der Waals surface area contributed by atoms with E-state index in [4.69, 9.17) is 22.1 Å². The molecule has 2 N–H and O–H groups in total. The summed E-state index contributed by atoms with van der Waals surface area (Å²) in [7, 11) is 0. The van der Waals surface area contributed by atoms with Crippen molar-refractivity contribution < 1.29 is 4.74 Å². The van der Waals surface area contributed by atoms with Crippen LogP contribution in [0, 0.1) is 0 Å². The minimum absolute atomic E-state index is 0.121. The van der Waals surface area contributed by atoms with Gasteiger partial charge >= 0.3 is 0 Å². The third kappa shape index (κ3) is 4.55. The zero-order chi connectivity index (χ0) is 15.5. The predicted molar refractivity (Wildman–Crippen MR) is 91.1 cm³/mol. The molecule has 0 aliphatic carbocycles. The van der Waals surface area contributed by atoms with Gasteiger partial charge in [-0.25, -0.2) is 0 Å². The van der Waals surface area contributed by atoms with Gasteiger partial charge in [0, 0.05) is 21.3 Å². The molecule has 1 atom stereocenters. The van der Waals surface area contributed by atoms with E-state index >= 15 is 0 Å². The van der Waals surface area contributed by atoms with E-state index in [2.05, 4.69) is 32.9 Å². The van der Waals surface area contributed by atoms with Crippen LogP contribution < -0.4 is 5.73 Å². The zero-order valence-corrected chi connectivity index (χ0v) is 14.3. The van der Waals surface area contributed by atoms with E-state index in [1.165, 1.54) is 9.75 Å². The molecule has 1 heterocycles. The number of benzene rings is 1. The van der Waals surface area contributed by atoms with Gasteiger partial charge in [0.2, 0.25) is 0 Å². The molecule has 114 valence electrons. The summed E-state index contributed by atoms with van der Waals surface area (Å²) < 4.78 is 5.97. The van der Waals surface area contributed by atoms with Crippen molar-refractivity contribution in [3.8, 4) is 0 Å². The molecular formula is C17H22ClNOS. The lowest BCUT2D eigenvalue weighted by molar-refractivity contribution is 0.0473. The quantitative estimate of drug-likeness (QED) is 0.848. The van der Waals surface area contributed by atoms with Crippen LogP contribution in [0.5, 0.6) is 0 Å². The minimum atomic E-state index is -0.121. The van der Waals surface area contributed by atoms with Gasteiger partial charge in [0.1, 0.15) is 0 Å². The second-order valence-corrected chi connectivity index (χ2v) is 7.71. The Morgan fingerprint density at radius 2 is 2.00 bits per heavy atom. The largest absolute Gasteiger partial charge is 0.367 e. The highest BCUT2D eigenvalue weighted by Gasteiger charge is 2.17. The van der Waals surface area contributed by atoms with Crippen molar-refractivity contribution in [3.05, 3.63) is 56.7 Å². The molecular weight excluding hydrogens is 302 g/mol. The van der Waals surface area contributed by atoms with Crippen LogP contribution >= 0.6 is 22.9 Å². The summed E-state index contributed by atoms with van der Waals surface area (Å²) in [4.78, 5) is 2.59. The lowest BCUT2D eigenvalue weighted by Gasteiger charge is -2.17. The highest BCUT2D eigenvalue weighted by atomic mass is 35.5. The Labute approximate surface area is 135 Å². The monoisotopic (exact) mass is 323 g/mol. The average molecular weight is 324 g/mol. The molecule has 21 heavy (non-hydrogen) atoms. The highest BCUT2D eigenvalue weighted by Crippen LogP contribution is 2.30. The van der Waals surface area contributed by atoms with E-state index < -0.39 is 0 Å². The molecule has 0 fully saturated rings. The van der Waals surface area contributed by atoms with Gasteiger partial charge in [0.25, 0.3) is 0 Å². The molecule has 0 unspecified atom stereocenters. The molecule has 4 heteroatoms. The molecule has 0 aliphatic rings. The molecule has 0 bridgehead atoms. The molecule has 0 saturated carbocycles. The molecule has 2 aromatic rings. The summed E-state index contributed by atoms with van der Waals surface area (Å²) in [5.41, 5.74) is 7.04. The van der Waals surface area contributed by atoms with Crippen LogP contribution in [0.4, 0.5) is 0 Å².